The summed E-state index contributed by atoms with van der Waals surface area (Å²) in [6.45, 7) is 2.03. The molecule has 31 heavy (non-hydrogen) atoms. The first-order valence-corrected chi connectivity index (χ1v) is 10.6. The minimum atomic E-state index is -1.06. The van der Waals surface area contributed by atoms with E-state index in [1.807, 2.05) is 73.7 Å². The second-order valence-electron chi connectivity index (χ2n) is 8.08. The van der Waals surface area contributed by atoms with Crippen molar-refractivity contribution in [3.05, 3.63) is 112 Å². The SMILES string of the molecule is Cc1ccc2c(c1)[C@](c1ccc(Cl)cc1)(c1ccc3[nH]c4ccccc4c3c1)C(=O)O2. The first-order valence-electron chi connectivity index (χ1n) is 10.2. The third-order valence-electron chi connectivity index (χ3n) is 6.26. The molecule has 2 heterocycles. The summed E-state index contributed by atoms with van der Waals surface area (Å²) in [5.41, 5.74) is 4.69. The van der Waals surface area contributed by atoms with Crippen LogP contribution in [0.5, 0.6) is 5.75 Å². The Morgan fingerprint density at radius 2 is 1.55 bits per heavy atom. The van der Waals surface area contributed by atoms with Crippen molar-refractivity contribution in [1.29, 1.82) is 0 Å². The maximum absolute atomic E-state index is 13.6. The highest BCUT2D eigenvalue weighted by Crippen LogP contribution is 2.50. The molecule has 0 unspecified atom stereocenters. The maximum Gasteiger partial charge on any atom is 0.331 e. The molecule has 1 aliphatic heterocycles. The first-order chi connectivity index (χ1) is 15.1. The van der Waals surface area contributed by atoms with Gasteiger partial charge in [-0.3, -0.25) is 0 Å². The van der Waals surface area contributed by atoms with Crippen LogP contribution in [0.1, 0.15) is 22.3 Å². The highest BCUT2D eigenvalue weighted by atomic mass is 35.5. The molecule has 4 aromatic carbocycles. The molecule has 1 aliphatic rings. The van der Waals surface area contributed by atoms with Crippen molar-refractivity contribution in [1.82, 2.24) is 4.98 Å². The van der Waals surface area contributed by atoms with Crippen molar-refractivity contribution in [2.24, 2.45) is 0 Å². The number of hydrogen-bond donors (Lipinski definition) is 1. The number of esters is 1. The van der Waals surface area contributed by atoms with Gasteiger partial charge in [0.2, 0.25) is 0 Å². The number of fused-ring (bicyclic) bond motifs is 4. The van der Waals surface area contributed by atoms with Crippen LogP contribution in [-0.4, -0.2) is 11.0 Å². The molecule has 4 heteroatoms. The monoisotopic (exact) mass is 423 g/mol. The second kappa shape index (κ2) is 6.47. The van der Waals surface area contributed by atoms with Crippen LogP contribution in [0, 0.1) is 6.92 Å². The molecule has 0 fully saturated rings. The van der Waals surface area contributed by atoms with Crippen LogP contribution in [0.3, 0.4) is 0 Å². The van der Waals surface area contributed by atoms with Crippen molar-refractivity contribution in [3.8, 4) is 5.75 Å². The van der Waals surface area contributed by atoms with Crippen LogP contribution in [0.2, 0.25) is 5.02 Å². The van der Waals surface area contributed by atoms with Crippen LogP contribution in [-0.2, 0) is 10.2 Å². The number of aromatic amines is 1. The minimum absolute atomic E-state index is 0.297. The van der Waals surface area contributed by atoms with Gasteiger partial charge in [-0.1, -0.05) is 65.7 Å². The number of carbonyl (C=O) groups is 1. The number of nitrogens with one attached hydrogen (secondary N) is 1. The van der Waals surface area contributed by atoms with Crippen molar-refractivity contribution >= 4 is 39.4 Å². The number of aromatic nitrogens is 1. The highest BCUT2D eigenvalue weighted by molar-refractivity contribution is 6.30. The molecule has 0 amide bonds. The van der Waals surface area contributed by atoms with Gasteiger partial charge in [0, 0.05) is 32.4 Å². The van der Waals surface area contributed by atoms with E-state index in [1.54, 1.807) is 0 Å². The summed E-state index contributed by atoms with van der Waals surface area (Å²) in [7, 11) is 0. The molecule has 0 saturated heterocycles. The predicted molar refractivity (Wildman–Crippen MR) is 124 cm³/mol. The Labute approximate surface area is 184 Å². The fourth-order valence-corrected chi connectivity index (χ4v) is 4.93. The fourth-order valence-electron chi connectivity index (χ4n) is 4.81. The first kappa shape index (κ1) is 18.2. The molecule has 0 bridgehead atoms. The molecule has 1 aromatic heterocycles. The number of para-hydroxylation sites is 1. The quantitative estimate of drug-likeness (QED) is 0.259. The lowest BCUT2D eigenvalue weighted by atomic mass is 9.70. The Kier molecular flexibility index (Phi) is 3.80. The third kappa shape index (κ3) is 2.50. The Hall–Kier alpha value is -3.56. The molecule has 0 radical (unpaired) electrons. The average Bonchev–Trinajstić information content (AvgIpc) is 3.29. The van der Waals surface area contributed by atoms with E-state index in [0.29, 0.717) is 10.8 Å². The summed E-state index contributed by atoms with van der Waals surface area (Å²) >= 11 is 6.18. The van der Waals surface area contributed by atoms with Crippen LogP contribution in [0.4, 0.5) is 0 Å². The van der Waals surface area contributed by atoms with Gasteiger partial charge in [0.25, 0.3) is 0 Å². The molecular formula is C27H18ClNO2. The Morgan fingerprint density at radius 3 is 2.39 bits per heavy atom. The number of benzene rings is 4. The highest BCUT2D eigenvalue weighted by Gasteiger charge is 2.52. The van der Waals surface area contributed by atoms with Gasteiger partial charge in [0.15, 0.2) is 0 Å². The van der Waals surface area contributed by atoms with Crippen LogP contribution in [0.25, 0.3) is 21.8 Å². The van der Waals surface area contributed by atoms with E-state index in [0.717, 1.165) is 44.1 Å². The van der Waals surface area contributed by atoms with Crippen molar-refractivity contribution in [3.63, 3.8) is 0 Å². The zero-order valence-electron chi connectivity index (χ0n) is 16.8. The molecule has 1 N–H and O–H groups in total. The van der Waals surface area contributed by atoms with E-state index >= 15 is 0 Å². The predicted octanol–water partition coefficient (Wildman–Crippen LogP) is 6.54. The number of ether oxygens (including phenoxy) is 1. The van der Waals surface area contributed by atoms with Crippen molar-refractivity contribution in [2.45, 2.75) is 12.3 Å². The van der Waals surface area contributed by atoms with E-state index in [4.69, 9.17) is 16.3 Å². The van der Waals surface area contributed by atoms with Gasteiger partial charge in [0.05, 0.1) is 0 Å². The molecule has 3 nitrogen and oxygen atoms in total. The zero-order chi connectivity index (χ0) is 21.2. The van der Waals surface area contributed by atoms with Crippen molar-refractivity contribution < 1.29 is 9.53 Å². The fraction of sp³-hybridized carbons (Fsp3) is 0.0741. The summed E-state index contributed by atoms with van der Waals surface area (Å²) in [6.07, 6.45) is 0. The normalized spacial score (nSPS) is 17.8. The molecule has 0 spiro atoms. The van der Waals surface area contributed by atoms with E-state index in [-0.39, 0.29) is 5.97 Å². The summed E-state index contributed by atoms with van der Waals surface area (Å²) in [6, 6.07) is 27.8. The number of hydrogen-bond acceptors (Lipinski definition) is 2. The van der Waals surface area contributed by atoms with E-state index < -0.39 is 5.41 Å². The second-order valence-corrected chi connectivity index (χ2v) is 8.51. The lowest BCUT2D eigenvalue weighted by Gasteiger charge is -2.28. The number of H-pyrrole nitrogens is 1. The van der Waals surface area contributed by atoms with Gasteiger partial charge < -0.3 is 9.72 Å². The molecule has 150 valence electrons. The molecule has 1 atom stereocenters. The summed E-state index contributed by atoms with van der Waals surface area (Å²) in [5, 5.41) is 2.83. The van der Waals surface area contributed by atoms with E-state index in [2.05, 4.69) is 23.2 Å². The van der Waals surface area contributed by atoms with Gasteiger partial charge in [-0.2, -0.15) is 0 Å². The van der Waals surface area contributed by atoms with Gasteiger partial charge in [0.1, 0.15) is 11.2 Å². The summed E-state index contributed by atoms with van der Waals surface area (Å²) in [4.78, 5) is 17.1. The number of halogens is 1. The van der Waals surface area contributed by atoms with Gasteiger partial charge in [-0.15, -0.1) is 0 Å². The number of carbonyl (C=O) groups excluding carboxylic acids is 1. The number of aryl methyl sites for hydroxylation is 1. The largest absolute Gasteiger partial charge is 0.425 e. The Morgan fingerprint density at radius 1 is 0.806 bits per heavy atom. The maximum atomic E-state index is 13.6. The summed E-state index contributed by atoms with van der Waals surface area (Å²) in [5.74, 6) is 0.305. The average molecular weight is 424 g/mol. The van der Waals surface area contributed by atoms with Gasteiger partial charge >= 0.3 is 5.97 Å². The standard InChI is InChI=1S/C27H18ClNO2/c1-16-6-13-25-22(14-16)27(26(30)31-25,17-7-10-19(28)11-8-17)18-9-12-24-21(15-18)20-4-2-3-5-23(20)29-24/h2-15,29H,1H3/t27-/m0/s1. The molecule has 0 saturated carbocycles. The van der Waals surface area contributed by atoms with E-state index in [9.17, 15) is 4.79 Å². The topological polar surface area (TPSA) is 42.1 Å². The zero-order valence-corrected chi connectivity index (χ0v) is 17.5. The molecule has 5 aromatic rings. The minimum Gasteiger partial charge on any atom is -0.425 e. The van der Waals surface area contributed by atoms with Crippen LogP contribution in [0.15, 0.2) is 84.9 Å². The van der Waals surface area contributed by atoms with Crippen molar-refractivity contribution in [2.75, 3.05) is 0 Å². The third-order valence-corrected chi connectivity index (χ3v) is 6.52. The molecular weight excluding hydrogens is 406 g/mol. The van der Waals surface area contributed by atoms with Gasteiger partial charge in [-0.05, 0) is 54.4 Å². The molecule has 0 aliphatic carbocycles. The Bertz CT molecular complexity index is 1500. The lowest BCUT2D eigenvalue weighted by molar-refractivity contribution is -0.135. The van der Waals surface area contributed by atoms with Crippen LogP contribution < -0.4 is 4.74 Å². The van der Waals surface area contributed by atoms with E-state index in [1.165, 1.54) is 0 Å². The molecule has 6 rings (SSSR count). The summed E-state index contributed by atoms with van der Waals surface area (Å²) < 4.78 is 5.82. The lowest BCUT2D eigenvalue weighted by Crippen LogP contribution is -2.36. The number of rotatable bonds is 2. The smallest absolute Gasteiger partial charge is 0.331 e. The van der Waals surface area contributed by atoms with Crippen LogP contribution >= 0.6 is 11.6 Å². The van der Waals surface area contributed by atoms with Gasteiger partial charge in [-0.25, -0.2) is 4.79 Å². The Balaban J connectivity index is 1.72.